The molecule has 26 rings (SSSR count). The summed E-state index contributed by atoms with van der Waals surface area (Å²) in [6.07, 6.45) is 1.66. The van der Waals surface area contributed by atoms with Crippen LogP contribution >= 0.6 is 0 Å². The molecule has 0 N–H and O–H groups in total. The number of hydrogen-bond acceptors (Lipinski definition) is 10. The Hall–Kier alpha value is -16.6. The molecule has 10 heteroatoms. The third kappa shape index (κ3) is 14.2. The number of hydrogen-bond donors (Lipinski definition) is 0. The van der Waals surface area contributed by atoms with Crippen LogP contribution in [-0.4, -0.2) is 0 Å². The van der Waals surface area contributed by atoms with E-state index >= 15 is 0 Å². The van der Waals surface area contributed by atoms with Crippen molar-refractivity contribution >= 4 is 243 Å². The van der Waals surface area contributed by atoms with Crippen molar-refractivity contribution in [1.82, 2.24) is 0 Å². The van der Waals surface area contributed by atoms with Gasteiger partial charge in [-0.05, 0) is 166 Å². The first kappa shape index (κ1) is 89.5. The summed E-state index contributed by atoms with van der Waals surface area (Å²) in [7, 11) is 0. The van der Waals surface area contributed by atoms with Gasteiger partial charge in [0.25, 0.3) is 0 Å². The minimum Gasteiger partial charge on any atom is -0.456 e. The molecule has 6 heterocycles. The van der Waals surface area contributed by atoms with Crippen molar-refractivity contribution in [2.24, 2.45) is 0 Å². The van der Waals surface area contributed by atoms with Crippen LogP contribution in [0.5, 0.6) is 0 Å². The van der Waals surface area contributed by atoms with Gasteiger partial charge in [-0.15, -0.1) is 0 Å². The molecule has 0 fully saturated rings. The second kappa shape index (κ2) is 33.5. The van der Waals surface area contributed by atoms with Gasteiger partial charge in [-0.2, -0.15) is 0 Å². The Labute approximate surface area is 848 Å². The number of anilines is 12. The summed E-state index contributed by atoms with van der Waals surface area (Å²) in [6, 6.07) is 134. The van der Waals surface area contributed by atoms with E-state index in [-0.39, 0.29) is 21.7 Å². The van der Waals surface area contributed by atoms with E-state index in [2.05, 4.69) is 494 Å². The fourth-order valence-corrected chi connectivity index (χ4v) is 23.8. The lowest BCUT2D eigenvalue weighted by atomic mass is 9.72. The van der Waals surface area contributed by atoms with Gasteiger partial charge in [0, 0.05) is 155 Å². The molecule has 0 unspecified atom stereocenters. The highest BCUT2D eigenvalue weighted by Crippen LogP contribution is 2.58. The van der Waals surface area contributed by atoms with E-state index in [0.29, 0.717) is 11.8 Å². The number of nitrogens with zero attached hydrogens (tertiary/aromatic N) is 4. The molecule has 0 saturated heterocycles. The lowest BCUT2D eigenvalue weighted by Crippen LogP contribution is -2.24. The number of rotatable bonds is 19. The molecule has 0 aliphatic rings. The van der Waals surface area contributed by atoms with Gasteiger partial charge in [-0.25, -0.2) is 0 Å². The maximum Gasteiger partial charge on any atom is 0.159 e. The van der Waals surface area contributed by atoms with Crippen LogP contribution in [0.3, 0.4) is 0 Å². The number of furan rings is 6. The van der Waals surface area contributed by atoms with E-state index in [9.17, 15) is 0 Å². The standard InChI is InChI=1S/C136H114N4O6/c1-79(2)83-61-69-87(70-62-83)139(110-54-30-46-102-98-42-26-50-106(134(10,11)12)126(98)144-130(102)110)115-77-119-123(95-39-23-19-35-91(95)115)124-96-40-24-20-36-92(96)116(78-120(124)142-119)140(88-71-63-84(64-72-88)80(3)4)112-56-32-48-104-100-44-28-52-108(128(100)146-132(104)112)136(15,16)74-73-135(13,14)107-51-27-43-99-103-47-31-55-111(131(103)145-127(99)107)138(86-67-59-82(6)60-68-86)114-76-118-122(94-38-22-18-34-90(94)114)121-93-37-21-17-33-89(93)113(75-117(121)141-118)137(85-65-57-81(5)58-66-85)109-53-29-45-101-97-41-25-49-105(133(7,8)9)125(97)143-129(101)109/h17-72,75-80H,73-74H2,1-16H3. The van der Waals surface area contributed by atoms with Crippen molar-refractivity contribution in [3.8, 4) is 0 Å². The van der Waals surface area contributed by atoms with Gasteiger partial charge in [0.05, 0.1) is 45.5 Å². The van der Waals surface area contributed by atoms with Crippen LogP contribution in [0.15, 0.2) is 390 Å². The SMILES string of the molecule is Cc1ccc(N(c2cc3oc4cc(N(c5ccc(C)cc5)c5cccc6c5oc5c(C(C)(C)CCC(C)(C)c7cccc8c7oc7c(N(c9ccc(C(C)C)cc9)c9cc%10oc%11cc(N(c%12ccc(C(C)C)cc%12)c%12cccc%13c%12oc%12c(C(C)(C)C)cccc%12%13)c%12ccccc%12c%11c%10c%10ccccc9%10)cccc78)cccc56)c5ccccc5c4c3c3ccccc23)c2cccc3c2oc2c(C(C)(C)C)cccc23)cc1. The van der Waals surface area contributed by atoms with Crippen LogP contribution in [0, 0.1) is 13.8 Å². The zero-order chi connectivity index (χ0) is 99.6. The highest BCUT2D eigenvalue weighted by Gasteiger charge is 2.37. The molecule has 714 valence electrons. The van der Waals surface area contributed by atoms with Gasteiger partial charge >= 0.3 is 0 Å². The Morgan fingerprint density at radius 3 is 0.644 bits per heavy atom. The number of benzene rings is 20. The molecular weight excluding hydrogens is 1790 g/mol. The molecule has 6 aromatic heterocycles. The molecule has 0 spiro atoms. The summed E-state index contributed by atoms with van der Waals surface area (Å²) < 4.78 is 45.0. The normalized spacial score (nSPS) is 12.7. The smallest absolute Gasteiger partial charge is 0.159 e. The Morgan fingerprint density at radius 2 is 0.404 bits per heavy atom. The first-order valence-electron chi connectivity index (χ1n) is 51.6. The zero-order valence-corrected chi connectivity index (χ0v) is 85.4. The van der Waals surface area contributed by atoms with Crippen molar-refractivity contribution < 1.29 is 26.5 Å². The van der Waals surface area contributed by atoms with Crippen molar-refractivity contribution in [2.45, 2.75) is 157 Å². The molecule has 0 saturated carbocycles. The molecule has 0 aliphatic heterocycles. The van der Waals surface area contributed by atoms with Crippen LogP contribution < -0.4 is 19.6 Å². The second-order valence-corrected chi connectivity index (χ2v) is 44.5. The molecular formula is C136H114N4O6. The molecule has 0 bridgehead atoms. The Bertz CT molecular complexity index is 9820. The van der Waals surface area contributed by atoms with Crippen LogP contribution in [-0.2, 0) is 21.7 Å². The van der Waals surface area contributed by atoms with Gasteiger partial charge in [0.2, 0.25) is 0 Å². The summed E-state index contributed by atoms with van der Waals surface area (Å²) in [6.45, 7) is 36.5. The summed E-state index contributed by atoms with van der Waals surface area (Å²) in [5.41, 5.74) is 30.0. The number of para-hydroxylation sites is 8. The average molecular weight is 1900 g/mol. The van der Waals surface area contributed by atoms with Gasteiger partial charge in [0.1, 0.15) is 44.7 Å². The molecule has 10 nitrogen and oxygen atoms in total. The lowest BCUT2D eigenvalue weighted by molar-refractivity contribution is 0.374. The third-order valence-electron chi connectivity index (χ3n) is 31.5. The lowest BCUT2D eigenvalue weighted by Gasteiger charge is -2.32. The first-order valence-corrected chi connectivity index (χ1v) is 51.6. The van der Waals surface area contributed by atoms with Gasteiger partial charge in [0.15, 0.2) is 22.3 Å². The second-order valence-electron chi connectivity index (χ2n) is 44.5. The quantitative estimate of drug-likeness (QED) is 0.0779. The minimum atomic E-state index is -0.386. The molecule has 0 atom stereocenters. The highest BCUT2D eigenvalue weighted by atomic mass is 16.4. The van der Waals surface area contributed by atoms with E-state index in [0.717, 1.165) is 273 Å². The van der Waals surface area contributed by atoms with Gasteiger partial charge < -0.3 is 46.1 Å². The van der Waals surface area contributed by atoms with E-state index in [1.807, 2.05) is 0 Å². The van der Waals surface area contributed by atoms with E-state index in [1.54, 1.807) is 0 Å². The topological polar surface area (TPSA) is 91.8 Å². The van der Waals surface area contributed by atoms with Crippen molar-refractivity contribution in [2.75, 3.05) is 19.6 Å². The van der Waals surface area contributed by atoms with Crippen LogP contribution in [0.2, 0.25) is 0 Å². The zero-order valence-electron chi connectivity index (χ0n) is 85.4. The van der Waals surface area contributed by atoms with E-state index < -0.39 is 0 Å². The van der Waals surface area contributed by atoms with Crippen molar-refractivity contribution in [1.29, 1.82) is 0 Å². The first-order chi connectivity index (χ1) is 70.7. The van der Waals surface area contributed by atoms with E-state index in [1.165, 1.54) is 27.8 Å². The predicted molar refractivity (Wildman–Crippen MR) is 616 cm³/mol. The number of fused-ring (bicyclic) bond motifs is 26. The maximum absolute atomic E-state index is 7.72. The molecule has 26 aromatic rings. The predicted octanol–water partition coefficient (Wildman–Crippen LogP) is 41.1. The average Bonchev–Trinajstić information content (AvgIpc) is 1.54. The fraction of sp³-hybridized carbons (Fsp3) is 0.176. The summed E-state index contributed by atoms with van der Waals surface area (Å²) in [5, 5.41) is 21.4. The van der Waals surface area contributed by atoms with E-state index in [4.69, 9.17) is 26.5 Å². The van der Waals surface area contributed by atoms with Gasteiger partial charge in [-0.3, -0.25) is 0 Å². The molecule has 146 heavy (non-hydrogen) atoms. The molecule has 0 radical (unpaired) electrons. The Balaban J connectivity index is 0.571. The summed E-state index contributed by atoms with van der Waals surface area (Å²) in [5.74, 6) is 0.669. The third-order valence-corrected chi connectivity index (χ3v) is 31.5. The molecule has 20 aromatic carbocycles. The largest absolute Gasteiger partial charge is 0.456 e. The Kier molecular flexibility index (Phi) is 20.6. The van der Waals surface area contributed by atoms with Gasteiger partial charge in [-0.1, -0.05) is 375 Å². The van der Waals surface area contributed by atoms with Crippen molar-refractivity contribution in [3.05, 3.63) is 408 Å². The number of aryl methyl sites for hydroxylation is 2. The highest BCUT2D eigenvalue weighted by molar-refractivity contribution is 6.33. The molecule has 0 amide bonds. The Morgan fingerprint density at radius 1 is 0.199 bits per heavy atom. The van der Waals surface area contributed by atoms with Crippen LogP contribution in [0.25, 0.3) is 175 Å². The monoisotopic (exact) mass is 1900 g/mol. The van der Waals surface area contributed by atoms with Crippen molar-refractivity contribution in [3.63, 3.8) is 0 Å². The fourth-order valence-electron chi connectivity index (χ4n) is 23.8. The van der Waals surface area contributed by atoms with Crippen LogP contribution in [0.1, 0.15) is 166 Å². The maximum atomic E-state index is 7.72. The molecule has 0 aliphatic carbocycles. The minimum absolute atomic E-state index is 0.148. The van der Waals surface area contributed by atoms with Crippen LogP contribution in [0.4, 0.5) is 68.2 Å². The summed E-state index contributed by atoms with van der Waals surface area (Å²) in [4.78, 5) is 9.57. The summed E-state index contributed by atoms with van der Waals surface area (Å²) >= 11 is 0.